The second-order valence-corrected chi connectivity index (χ2v) is 9.62. The van der Waals surface area contributed by atoms with Crippen molar-refractivity contribution in [1.82, 2.24) is 9.73 Å². The first-order chi connectivity index (χ1) is 16.3. The lowest BCUT2D eigenvalue weighted by Gasteiger charge is -2.36. The first-order valence-corrected chi connectivity index (χ1v) is 12.7. The number of nitrogens with zero attached hydrogens (tertiary/aromatic N) is 4. The second kappa shape index (κ2) is 11.1. The molecule has 2 aromatic rings. The summed E-state index contributed by atoms with van der Waals surface area (Å²) in [7, 11) is -3.88. The Labute approximate surface area is 199 Å². The summed E-state index contributed by atoms with van der Waals surface area (Å²) in [5.41, 5.74) is 0.912. The number of nitro benzene ring substituents is 1. The summed E-state index contributed by atoms with van der Waals surface area (Å²) >= 11 is 0. The van der Waals surface area contributed by atoms with Crippen LogP contribution in [0.1, 0.15) is 32.3 Å². The van der Waals surface area contributed by atoms with E-state index in [9.17, 15) is 23.3 Å². The van der Waals surface area contributed by atoms with Crippen molar-refractivity contribution in [3.8, 4) is 0 Å². The van der Waals surface area contributed by atoms with Gasteiger partial charge in [-0.25, -0.2) is 4.83 Å². The Bertz CT molecular complexity index is 1150. The maximum atomic E-state index is 12.9. The van der Waals surface area contributed by atoms with Gasteiger partial charge in [-0.1, -0.05) is 18.2 Å². The molecule has 1 aliphatic heterocycles. The Morgan fingerprint density at radius 2 is 1.94 bits per heavy atom. The number of hydrogen-bond acceptors (Lipinski definition) is 7. The number of carbonyl (C=O) groups excluding carboxylic acids is 1. The van der Waals surface area contributed by atoms with Crippen LogP contribution in [0.3, 0.4) is 0 Å². The molecule has 0 aliphatic carbocycles. The second-order valence-electron chi connectivity index (χ2n) is 7.96. The lowest BCUT2D eigenvalue weighted by molar-refractivity contribution is -0.384. The predicted octanol–water partition coefficient (Wildman–Crippen LogP) is 2.99. The summed E-state index contributed by atoms with van der Waals surface area (Å²) in [5.74, 6) is -0.0762. The maximum absolute atomic E-state index is 12.9. The smallest absolute Gasteiger partial charge is 0.276 e. The summed E-state index contributed by atoms with van der Waals surface area (Å²) in [6.45, 7) is 6.33. The molecule has 3 rings (SSSR count). The Balaban J connectivity index is 1.86. The zero-order chi connectivity index (χ0) is 24.7. The van der Waals surface area contributed by atoms with Crippen LogP contribution in [0.4, 0.5) is 11.4 Å². The largest absolute Gasteiger partial charge is 0.370 e. The van der Waals surface area contributed by atoms with Crippen LogP contribution in [-0.4, -0.2) is 56.5 Å². The number of rotatable bonds is 9. The van der Waals surface area contributed by atoms with E-state index in [1.54, 1.807) is 24.3 Å². The molecule has 11 heteroatoms. The van der Waals surface area contributed by atoms with Crippen LogP contribution in [-0.2, 0) is 14.8 Å². The first kappa shape index (κ1) is 25.2. The van der Waals surface area contributed by atoms with Crippen LogP contribution in [0.15, 0.2) is 58.5 Å². The molecule has 182 valence electrons. The summed E-state index contributed by atoms with van der Waals surface area (Å²) in [6, 6.07) is 12.2. The van der Waals surface area contributed by atoms with E-state index in [0.717, 1.165) is 12.8 Å². The third-order valence-electron chi connectivity index (χ3n) is 5.84. The highest BCUT2D eigenvalue weighted by Crippen LogP contribution is 2.29. The van der Waals surface area contributed by atoms with E-state index in [0.29, 0.717) is 37.4 Å². The Hall–Kier alpha value is -3.47. The summed E-state index contributed by atoms with van der Waals surface area (Å²) < 4.78 is 24.9. The molecule has 0 aromatic heterocycles. The molecule has 1 N–H and O–H groups in total. The maximum Gasteiger partial charge on any atom is 0.276 e. The molecule has 1 amide bonds. The van der Waals surface area contributed by atoms with Gasteiger partial charge in [0.1, 0.15) is 0 Å². The highest BCUT2D eigenvalue weighted by Gasteiger charge is 2.29. The SMILES string of the molecule is CCN(CC)C(=O)[C@H]1CCCN(c2ccc([N+](=O)[O-])cc2C=NNS(=O)(=O)c2ccccc2)C1. The molecule has 0 unspecified atom stereocenters. The minimum atomic E-state index is -3.88. The van der Waals surface area contributed by atoms with Gasteiger partial charge < -0.3 is 9.80 Å². The van der Waals surface area contributed by atoms with E-state index in [1.807, 2.05) is 23.6 Å². The first-order valence-electron chi connectivity index (χ1n) is 11.2. The number of benzene rings is 2. The van der Waals surface area contributed by atoms with E-state index in [-0.39, 0.29) is 22.4 Å². The topological polar surface area (TPSA) is 125 Å². The van der Waals surface area contributed by atoms with Gasteiger partial charge in [-0.3, -0.25) is 14.9 Å². The minimum Gasteiger partial charge on any atom is -0.370 e. The molecule has 1 heterocycles. The number of nitrogens with one attached hydrogen (secondary N) is 1. The third kappa shape index (κ3) is 5.90. The highest BCUT2D eigenvalue weighted by atomic mass is 32.2. The van der Waals surface area contributed by atoms with E-state index in [1.165, 1.54) is 30.5 Å². The van der Waals surface area contributed by atoms with Crippen molar-refractivity contribution in [2.75, 3.05) is 31.1 Å². The average molecular weight is 488 g/mol. The van der Waals surface area contributed by atoms with Crippen molar-refractivity contribution in [2.45, 2.75) is 31.6 Å². The van der Waals surface area contributed by atoms with Crippen molar-refractivity contribution in [2.24, 2.45) is 11.0 Å². The zero-order valence-corrected chi connectivity index (χ0v) is 20.1. The van der Waals surface area contributed by atoms with Gasteiger partial charge in [0.05, 0.1) is 22.0 Å². The van der Waals surface area contributed by atoms with Crippen LogP contribution in [0, 0.1) is 16.0 Å². The number of amides is 1. The van der Waals surface area contributed by atoms with Crippen LogP contribution in [0.5, 0.6) is 0 Å². The fraction of sp³-hybridized carbons (Fsp3) is 0.391. The van der Waals surface area contributed by atoms with Gasteiger partial charge in [0.25, 0.3) is 15.7 Å². The lowest BCUT2D eigenvalue weighted by atomic mass is 9.95. The number of sulfonamides is 1. The van der Waals surface area contributed by atoms with Gasteiger partial charge in [0.15, 0.2) is 0 Å². The molecule has 10 nitrogen and oxygen atoms in total. The summed E-state index contributed by atoms with van der Waals surface area (Å²) in [6.07, 6.45) is 2.84. The minimum absolute atomic E-state index is 0.0557. The Kier molecular flexibility index (Phi) is 8.21. The van der Waals surface area contributed by atoms with E-state index in [2.05, 4.69) is 9.93 Å². The van der Waals surface area contributed by atoms with E-state index >= 15 is 0 Å². The van der Waals surface area contributed by atoms with Gasteiger partial charge in [-0.2, -0.15) is 13.5 Å². The van der Waals surface area contributed by atoms with Gasteiger partial charge in [0.2, 0.25) is 5.91 Å². The molecule has 0 spiro atoms. The molecule has 1 atom stereocenters. The van der Waals surface area contributed by atoms with E-state index < -0.39 is 14.9 Å². The molecule has 0 saturated carbocycles. The van der Waals surface area contributed by atoms with Crippen LogP contribution in [0.25, 0.3) is 0 Å². The standard InChI is InChI=1S/C23H29N5O5S/c1-3-26(4-2)23(29)18-9-8-14-27(17-18)22-13-12-20(28(30)31)15-19(22)16-24-25-34(32,33)21-10-6-5-7-11-21/h5-7,10-13,15-16,18,25H,3-4,8-9,14,17H2,1-2H3/t18-/m0/s1. The molecule has 0 radical (unpaired) electrons. The summed E-state index contributed by atoms with van der Waals surface area (Å²) in [5, 5.41) is 15.2. The number of carbonyl (C=O) groups is 1. The normalized spacial score (nSPS) is 16.4. The quantitative estimate of drug-likeness (QED) is 0.329. The van der Waals surface area contributed by atoms with Crippen molar-refractivity contribution >= 4 is 33.5 Å². The molecular formula is C23H29N5O5S. The zero-order valence-electron chi connectivity index (χ0n) is 19.3. The van der Waals surface area contributed by atoms with Gasteiger partial charge in [0, 0.05) is 49.6 Å². The fourth-order valence-corrected chi connectivity index (χ4v) is 4.87. The van der Waals surface area contributed by atoms with Crippen LogP contribution in [0.2, 0.25) is 0 Å². The number of nitro groups is 1. The monoisotopic (exact) mass is 487 g/mol. The Morgan fingerprint density at radius 3 is 2.59 bits per heavy atom. The van der Waals surface area contributed by atoms with Crippen molar-refractivity contribution < 1.29 is 18.1 Å². The van der Waals surface area contributed by atoms with Crippen molar-refractivity contribution in [3.05, 3.63) is 64.2 Å². The molecule has 2 aromatic carbocycles. The van der Waals surface area contributed by atoms with E-state index in [4.69, 9.17) is 0 Å². The molecule has 1 aliphatic rings. The van der Waals surface area contributed by atoms with Gasteiger partial charge in [-0.15, -0.1) is 0 Å². The molecule has 0 bridgehead atoms. The van der Waals surface area contributed by atoms with Crippen LogP contribution >= 0.6 is 0 Å². The molecule has 1 fully saturated rings. The number of non-ortho nitro benzene ring substituents is 1. The van der Waals surface area contributed by atoms with Gasteiger partial charge >= 0.3 is 0 Å². The highest BCUT2D eigenvalue weighted by molar-refractivity contribution is 7.89. The molecule has 1 saturated heterocycles. The van der Waals surface area contributed by atoms with Crippen LogP contribution < -0.4 is 9.73 Å². The molecule has 34 heavy (non-hydrogen) atoms. The van der Waals surface area contributed by atoms with Crippen molar-refractivity contribution in [3.63, 3.8) is 0 Å². The fourth-order valence-electron chi connectivity index (χ4n) is 4.06. The lowest BCUT2D eigenvalue weighted by Crippen LogP contribution is -2.45. The number of hydrogen-bond donors (Lipinski definition) is 1. The predicted molar refractivity (Wildman–Crippen MR) is 130 cm³/mol. The number of hydrazone groups is 1. The van der Waals surface area contributed by atoms with Gasteiger partial charge in [-0.05, 0) is 44.9 Å². The Morgan fingerprint density at radius 1 is 1.24 bits per heavy atom. The number of piperidine rings is 1. The average Bonchev–Trinajstić information content (AvgIpc) is 2.85. The molecular weight excluding hydrogens is 458 g/mol. The third-order valence-corrected chi connectivity index (χ3v) is 7.08. The number of anilines is 1. The summed E-state index contributed by atoms with van der Waals surface area (Å²) in [4.78, 5) is 29.7. The van der Waals surface area contributed by atoms with Crippen molar-refractivity contribution in [1.29, 1.82) is 0 Å².